The second-order valence-electron chi connectivity index (χ2n) is 5.01. The van der Waals surface area contributed by atoms with Gasteiger partial charge in [0.15, 0.2) is 0 Å². The number of amides is 1. The predicted octanol–water partition coefficient (Wildman–Crippen LogP) is 2.73. The fourth-order valence-corrected chi connectivity index (χ4v) is 2.32. The van der Waals surface area contributed by atoms with Gasteiger partial charge < -0.3 is 15.3 Å². The third-order valence-electron chi connectivity index (χ3n) is 3.65. The largest absolute Gasteiger partial charge is 0.323 e. The molecule has 0 saturated heterocycles. The molecule has 0 aliphatic heterocycles. The van der Waals surface area contributed by atoms with E-state index in [1.165, 1.54) is 0 Å². The van der Waals surface area contributed by atoms with Gasteiger partial charge in [-0.25, -0.2) is 4.79 Å². The standard InChI is InChI=1S/C16H15N3O2/c1-9-5-3-7-12(10(9)2)17-15(20)11-6-4-8-13-14(11)19-16(21)18-13/h3-8H,1-2H3,(H,17,20)(H2,18,19,21). The Kier molecular flexibility index (Phi) is 3.10. The first-order valence-corrected chi connectivity index (χ1v) is 6.65. The minimum Gasteiger partial charge on any atom is -0.322 e. The fraction of sp³-hybridized carbons (Fsp3) is 0.125. The molecule has 5 nitrogen and oxygen atoms in total. The molecule has 0 aliphatic carbocycles. The number of aryl methyl sites for hydroxylation is 1. The Bertz CT molecular complexity index is 890. The molecule has 5 heteroatoms. The molecule has 1 heterocycles. The predicted molar refractivity (Wildman–Crippen MR) is 82.8 cm³/mol. The number of carbonyl (C=O) groups is 1. The van der Waals surface area contributed by atoms with Crippen molar-refractivity contribution in [2.24, 2.45) is 0 Å². The van der Waals surface area contributed by atoms with E-state index in [1.807, 2.05) is 32.0 Å². The summed E-state index contributed by atoms with van der Waals surface area (Å²) in [6.07, 6.45) is 0. The zero-order valence-electron chi connectivity index (χ0n) is 11.8. The van der Waals surface area contributed by atoms with Crippen molar-refractivity contribution >= 4 is 22.6 Å². The van der Waals surface area contributed by atoms with Crippen LogP contribution in [0.15, 0.2) is 41.2 Å². The average molecular weight is 281 g/mol. The molecule has 106 valence electrons. The molecule has 0 saturated carbocycles. The second kappa shape index (κ2) is 4.94. The SMILES string of the molecule is Cc1cccc(NC(=O)c2cccc3[nH]c(=O)[nH]c23)c1C. The Morgan fingerprint density at radius 2 is 1.81 bits per heavy atom. The molecule has 0 spiro atoms. The minimum atomic E-state index is -0.322. The molecule has 0 unspecified atom stereocenters. The lowest BCUT2D eigenvalue weighted by atomic mass is 10.1. The summed E-state index contributed by atoms with van der Waals surface area (Å²) in [5.41, 5.74) is 4.17. The van der Waals surface area contributed by atoms with Crippen molar-refractivity contribution in [1.82, 2.24) is 9.97 Å². The molecule has 1 amide bonds. The third kappa shape index (κ3) is 2.33. The van der Waals surface area contributed by atoms with Crippen LogP contribution in [0.3, 0.4) is 0 Å². The van der Waals surface area contributed by atoms with Crippen LogP contribution in [-0.4, -0.2) is 15.9 Å². The van der Waals surface area contributed by atoms with Gasteiger partial charge in [-0.1, -0.05) is 18.2 Å². The number of aromatic amines is 2. The van der Waals surface area contributed by atoms with Crippen LogP contribution in [0.25, 0.3) is 11.0 Å². The number of aromatic nitrogens is 2. The van der Waals surface area contributed by atoms with E-state index >= 15 is 0 Å². The van der Waals surface area contributed by atoms with Crippen LogP contribution in [0.4, 0.5) is 5.69 Å². The molecular weight excluding hydrogens is 266 g/mol. The number of carbonyl (C=O) groups excluding carboxylic acids is 1. The highest BCUT2D eigenvalue weighted by atomic mass is 16.2. The van der Waals surface area contributed by atoms with Gasteiger partial charge in [0.25, 0.3) is 5.91 Å². The summed E-state index contributed by atoms with van der Waals surface area (Å²) in [5, 5.41) is 2.89. The summed E-state index contributed by atoms with van der Waals surface area (Å²) in [6.45, 7) is 3.96. The first-order chi connectivity index (χ1) is 10.1. The van der Waals surface area contributed by atoms with Gasteiger partial charge in [-0.05, 0) is 43.2 Å². The summed E-state index contributed by atoms with van der Waals surface area (Å²) in [7, 11) is 0. The van der Waals surface area contributed by atoms with E-state index in [1.54, 1.807) is 18.2 Å². The maximum atomic E-state index is 12.5. The lowest BCUT2D eigenvalue weighted by Crippen LogP contribution is -2.13. The summed E-state index contributed by atoms with van der Waals surface area (Å²) in [5.74, 6) is -0.246. The van der Waals surface area contributed by atoms with Crippen molar-refractivity contribution in [3.63, 3.8) is 0 Å². The van der Waals surface area contributed by atoms with Crippen molar-refractivity contribution in [3.05, 3.63) is 63.6 Å². The molecule has 0 radical (unpaired) electrons. The van der Waals surface area contributed by atoms with Gasteiger partial charge in [0.2, 0.25) is 0 Å². The molecule has 0 aliphatic rings. The highest BCUT2D eigenvalue weighted by Gasteiger charge is 2.13. The highest BCUT2D eigenvalue weighted by molar-refractivity contribution is 6.11. The molecule has 2 aromatic carbocycles. The van der Waals surface area contributed by atoms with Crippen molar-refractivity contribution in [2.75, 3.05) is 5.32 Å². The van der Waals surface area contributed by atoms with E-state index in [0.29, 0.717) is 16.6 Å². The summed E-state index contributed by atoms with van der Waals surface area (Å²) < 4.78 is 0. The molecule has 0 atom stereocenters. The zero-order valence-corrected chi connectivity index (χ0v) is 11.8. The average Bonchev–Trinajstić information content (AvgIpc) is 2.83. The first-order valence-electron chi connectivity index (χ1n) is 6.65. The number of benzene rings is 2. The highest BCUT2D eigenvalue weighted by Crippen LogP contribution is 2.20. The normalized spacial score (nSPS) is 10.8. The summed E-state index contributed by atoms with van der Waals surface area (Å²) in [6, 6.07) is 10.9. The Balaban J connectivity index is 2.01. The molecule has 3 N–H and O–H groups in total. The molecule has 0 bridgehead atoms. The van der Waals surface area contributed by atoms with Gasteiger partial charge in [0, 0.05) is 5.69 Å². The van der Waals surface area contributed by atoms with Crippen LogP contribution in [0.1, 0.15) is 21.5 Å². The van der Waals surface area contributed by atoms with E-state index in [0.717, 1.165) is 16.8 Å². The van der Waals surface area contributed by atoms with E-state index in [-0.39, 0.29) is 11.6 Å². The monoisotopic (exact) mass is 281 g/mol. The topological polar surface area (TPSA) is 77.8 Å². The van der Waals surface area contributed by atoms with Crippen LogP contribution in [0, 0.1) is 13.8 Å². The molecular formula is C16H15N3O2. The van der Waals surface area contributed by atoms with Crippen LogP contribution in [-0.2, 0) is 0 Å². The van der Waals surface area contributed by atoms with E-state index in [9.17, 15) is 9.59 Å². The summed E-state index contributed by atoms with van der Waals surface area (Å²) in [4.78, 5) is 29.1. The molecule has 1 aromatic heterocycles. The Morgan fingerprint density at radius 3 is 2.62 bits per heavy atom. The van der Waals surface area contributed by atoms with Gasteiger partial charge in [-0.2, -0.15) is 0 Å². The Hall–Kier alpha value is -2.82. The Labute approximate surface area is 121 Å². The van der Waals surface area contributed by atoms with Crippen molar-refractivity contribution in [1.29, 1.82) is 0 Å². The Morgan fingerprint density at radius 1 is 1.05 bits per heavy atom. The van der Waals surface area contributed by atoms with Gasteiger partial charge >= 0.3 is 5.69 Å². The van der Waals surface area contributed by atoms with Crippen LogP contribution in [0.5, 0.6) is 0 Å². The van der Waals surface area contributed by atoms with Crippen molar-refractivity contribution < 1.29 is 4.79 Å². The number of imidazole rings is 1. The van der Waals surface area contributed by atoms with Crippen LogP contribution < -0.4 is 11.0 Å². The molecule has 21 heavy (non-hydrogen) atoms. The minimum absolute atomic E-state index is 0.246. The van der Waals surface area contributed by atoms with Crippen molar-refractivity contribution in [2.45, 2.75) is 13.8 Å². The van der Waals surface area contributed by atoms with E-state index in [2.05, 4.69) is 15.3 Å². The summed E-state index contributed by atoms with van der Waals surface area (Å²) >= 11 is 0. The lowest BCUT2D eigenvalue weighted by molar-refractivity contribution is 0.102. The van der Waals surface area contributed by atoms with Gasteiger partial charge in [0.05, 0.1) is 16.6 Å². The van der Waals surface area contributed by atoms with Crippen molar-refractivity contribution in [3.8, 4) is 0 Å². The van der Waals surface area contributed by atoms with Gasteiger partial charge in [-0.15, -0.1) is 0 Å². The smallest absolute Gasteiger partial charge is 0.322 e. The number of hydrogen-bond donors (Lipinski definition) is 3. The third-order valence-corrected chi connectivity index (χ3v) is 3.65. The first kappa shape index (κ1) is 13.2. The number of nitrogens with one attached hydrogen (secondary N) is 3. The zero-order chi connectivity index (χ0) is 15.0. The maximum Gasteiger partial charge on any atom is 0.323 e. The lowest BCUT2D eigenvalue weighted by Gasteiger charge is -2.10. The number of rotatable bonds is 2. The van der Waals surface area contributed by atoms with Gasteiger partial charge in [0.1, 0.15) is 0 Å². The molecule has 0 fully saturated rings. The van der Waals surface area contributed by atoms with Crippen LogP contribution in [0.2, 0.25) is 0 Å². The fourth-order valence-electron chi connectivity index (χ4n) is 2.32. The van der Waals surface area contributed by atoms with Gasteiger partial charge in [-0.3, -0.25) is 4.79 Å². The number of H-pyrrole nitrogens is 2. The quantitative estimate of drug-likeness (QED) is 0.675. The maximum absolute atomic E-state index is 12.5. The van der Waals surface area contributed by atoms with E-state index < -0.39 is 0 Å². The van der Waals surface area contributed by atoms with Crippen LogP contribution >= 0.6 is 0 Å². The number of fused-ring (bicyclic) bond motifs is 1. The number of anilines is 1. The molecule has 3 rings (SSSR count). The number of hydrogen-bond acceptors (Lipinski definition) is 2. The molecule has 3 aromatic rings. The van der Waals surface area contributed by atoms with E-state index in [4.69, 9.17) is 0 Å². The second-order valence-corrected chi connectivity index (χ2v) is 5.01. The number of para-hydroxylation sites is 1.